The Morgan fingerprint density at radius 3 is 1.90 bits per heavy atom. The van der Waals surface area contributed by atoms with Gasteiger partial charge in [-0.25, -0.2) is 0 Å². The molecule has 4 heteroatoms. The van der Waals surface area contributed by atoms with E-state index >= 15 is 0 Å². The van der Waals surface area contributed by atoms with Gasteiger partial charge in [0.05, 0.1) is 6.04 Å². The van der Waals surface area contributed by atoms with Crippen LogP contribution in [0.3, 0.4) is 0 Å². The molecule has 1 aliphatic carbocycles. The van der Waals surface area contributed by atoms with Gasteiger partial charge in [-0.1, -0.05) is 72.8 Å². The molecule has 0 saturated heterocycles. The minimum Gasteiger partial charge on any atom is -0.349 e. The monoisotopic (exact) mass is 396 g/mol. The highest BCUT2D eigenvalue weighted by molar-refractivity contribution is 5.95. The molecule has 150 valence electrons. The molecule has 0 heterocycles. The summed E-state index contributed by atoms with van der Waals surface area (Å²) < 4.78 is 0. The van der Waals surface area contributed by atoms with Gasteiger partial charge in [-0.2, -0.15) is 0 Å². The first kappa shape index (κ1) is 19.6. The van der Waals surface area contributed by atoms with E-state index in [9.17, 15) is 9.59 Å². The predicted octanol–water partition coefficient (Wildman–Crippen LogP) is 4.50. The first-order valence-corrected chi connectivity index (χ1v) is 10.2. The van der Waals surface area contributed by atoms with Gasteiger partial charge in [0.25, 0.3) is 5.91 Å². The first-order valence-electron chi connectivity index (χ1n) is 10.2. The summed E-state index contributed by atoms with van der Waals surface area (Å²) >= 11 is 0. The molecule has 1 saturated carbocycles. The molecule has 4 nitrogen and oxygen atoms in total. The molecule has 0 aliphatic heterocycles. The van der Waals surface area contributed by atoms with Gasteiger partial charge < -0.3 is 10.6 Å². The molecule has 2 amide bonds. The summed E-state index contributed by atoms with van der Waals surface area (Å²) in [6.07, 6.45) is 5.41. The van der Waals surface area contributed by atoms with Crippen LogP contribution in [0.1, 0.15) is 45.9 Å². The van der Waals surface area contributed by atoms with E-state index < -0.39 is 0 Å². The lowest BCUT2D eigenvalue weighted by molar-refractivity contribution is -0.116. The number of nitrogens with one attached hydrogen (secondary N) is 2. The Labute approximate surface area is 176 Å². The van der Waals surface area contributed by atoms with E-state index in [1.54, 1.807) is 18.2 Å². The van der Waals surface area contributed by atoms with E-state index in [1.807, 2.05) is 72.8 Å². The van der Waals surface area contributed by atoms with Crippen molar-refractivity contribution in [3.63, 3.8) is 0 Å². The van der Waals surface area contributed by atoms with E-state index in [-0.39, 0.29) is 17.9 Å². The third-order valence-corrected chi connectivity index (χ3v) is 5.07. The maximum atomic E-state index is 12.6. The summed E-state index contributed by atoms with van der Waals surface area (Å²) in [5, 5.41) is 6.06. The minimum atomic E-state index is -0.224. The van der Waals surface area contributed by atoms with Crippen molar-refractivity contribution in [1.29, 1.82) is 0 Å². The molecule has 1 fully saturated rings. The van der Waals surface area contributed by atoms with Gasteiger partial charge in [0.15, 0.2) is 0 Å². The Bertz CT molecular complexity index is 984. The molecule has 4 rings (SSSR count). The lowest BCUT2D eigenvalue weighted by Crippen LogP contribution is -2.27. The topological polar surface area (TPSA) is 58.2 Å². The normalized spacial score (nSPS) is 13.4. The molecule has 1 aliphatic rings. The highest BCUT2D eigenvalue weighted by atomic mass is 16.2. The van der Waals surface area contributed by atoms with E-state index in [0.29, 0.717) is 11.6 Å². The van der Waals surface area contributed by atoms with E-state index in [2.05, 4.69) is 10.6 Å². The summed E-state index contributed by atoms with van der Waals surface area (Å²) in [4.78, 5) is 24.7. The minimum absolute atomic E-state index is 0.0423. The molecule has 0 aromatic heterocycles. The average Bonchev–Trinajstić information content (AvgIpc) is 3.61. The molecule has 3 aromatic carbocycles. The van der Waals surface area contributed by atoms with Crippen LogP contribution in [0, 0.1) is 0 Å². The number of carbonyl (C=O) groups is 2. The van der Waals surface area contributed by atoms with Crippen LogP contribution >= 0.6 is 0 Å². The molecule has 0 radical (unpaired) electrons. The van der Waals surface area contributed by atoms with Gasteiger partial charge in [-0.3, -0.25) is 9.59 Å². The zero-order valence-electron chi connectivity index (χ0n) is 16.6. The number of rotatable bonds is 7. The highest BCUT2D eigenvalue weighted by Gasteiger charge is 2.23. The number of hydrogen-bond donors (Lipinski definition) is 2. The van der Waals surface area contributed by atoms with Crippen LogP contribution in [0.2, 0.25) is 0 Å². The summed E-state index contributed by atoms with van der Waals surface area (Å²) in [5.74, 6) is -0.220. The van der Waals surface area contributed by atoms with Crippen LogP contribution in [0.5, 0.6) is 0 Å². The molecule has 30 heavy (non-hydrogen) atoms. The van der Waals surface area contributed by atoms with Crippen LogP contribution in [0.4, 0.5) is 0 Å². The number of carbonyl (C=O) groups excluding carboxylic acids is 2. The smallest absolute Gasteiger partial charge is 0.251 e. The van der Waals surface area contributed by atoms with E-state index in [0.717, 1.165) is 29.5 Å². The number of amides is 2. The second-order valence-corrected chi connectivity index (χ2v) is 7.47. The molecule has 0 unspecified atom stereocenters. The first-order chi connectivity index (χ1) is 14.7. The number of benzene rings is 3. The second kappa shape index (κ2) is 9.23. The van der Waals surface area contributed by atoms with Crippen LogP contribution in [0.15, 0.2) is 91.0 Å². The third-order valence-electron chi connectivity index (χ3n) is 5.07. The SMILES string of the molecule is O=C(/C=C/c1ccc(C(=O)NC2CC2)cc1)NC(c1ccccc1)c1ccccc1. The summed E-state index contributed by atoms with van der Waals surface area (Å²) in [5.41, 5.74) is 3.55. The quantitative estimate of drug-likeness (QED) is 0.578. The largest absolute Gasteiger partial charge is 0.349 e. The highest BCUT2D eigenvalue weighted by Crippen LogP contribution is 2.22. The molecule has 0 atom stereocenters. The van der Waals surface area contributed by atoms with Crippen molar-refractivity contribution in [3.8, 4) is 0 Å². The Morgan fingerprint density at radius 1 is 0.800 bits per heavy atom. The lowest BCUT2D eigenvalue weighted by atomic mass is 9.98. The van der Waals surface area contributed by atoms with Gasteiger partial charge in [0.2, 0.25) is 5.91 Å². The number of hydrogen-bond acceptors (Lipinski definition) is 2. The average molecular weight is 396 g/mol. The Morgan fingerprint density at radius 2 is 1.37 bits per heavy atom. The van der Waals surface area contributed by atoms with Gasteiger partial charge in [0.1, 0.15) is 0 Å². The van der Waals surface area contributed by atoms with Crippen molar-refractivity contribution < 1.29 is 9.59 Å². The van der Waals surface area contributed by atoms with Crippen molar-refractivity contribution in [2.45, 2.75) is 24.9 Å². The molecule has 2 N–H and O–H groups in total. The Kier molecular flexibility index (Phi) is 6.04. The Balaban J connectivity index is 1.43. The molecular formula is C26H24N2O2. The fourth-order valence-corrected chi connectivity index (χ4v) is 3.25. The Hall–Kier alpha value is -3.66. The third kappa shape index (κ3) is 5.23. The zero-order chi connectivity index (χ0) is 20.8. The molecule has 0 bridgehead atoms. The fraction of sp³-hybridized carbons (Fsp3) is 0.154. The standard InChI is InChI=1S/C26H24N2O2/c29-24(18-13-19-11-14-22(15-12-19)26(30)27-23-16-17-23)28-25(20-7-3-1-4-8-20)21-9-5-2-6-10-21/h1-15,18,23,25H,16-17H2,(H,27,30)(H,28,29)/b18-13+. The summed E-state index contributed by atoms with van der Waals surface area (Å²) in [7, 11) is 0. The zero-order valence-corrected chi connectivity index (χ0v) is 16.6. The van der Waals surface area contributed by atoms with Gasteiger partial charge in [-0.05, 0) is 47.7 Å². The van der Waals surface area contributed by atoms with Crippen LogP contribution < -0.4 is 10.6 Å². The maximum absolute atomic E-state index is 12.6. The van der Waals surface area contributed by atoms with Crippen molar-refractivity contribution in [1.82, 2.24) is 10.6 Å². The van der Waals surface area contributed by atoms with Crippen molar-refractivity contribution >= 4 is 17.9 Å². The summed E-state index contributed by atoms with van der Waals surface area (Å²) in [6, 6.07) is 27.2. The second-order valence-electron chi connectivity index (χ2n) is 7.47. The molecule has 0 spiro atoms. The van der Waals surface area contributed by atoms with E-state index in [4.69, 9.17) is 0 Å². The predicted molar refractivity (Wildman–Crippen MR) is 119 cm³/mol. The van der Waals surface area contributed by atoms with Crippen LogP contribution in [0.25, 0.3) is 6.08 Å². The van der Waals surface area contributed by atoms with Gasteiger partial charge in [-0.15, -0.1) is 0 Å². The maximum Gasteiger partial charge on any atom is 0.251 e. The van der Waals surface area contributed by atoms with Crippen molar-refractivity contribution in [2.24, 2.45) is 0 Å². The van der Waals surface area contributed by atoms with E-state index in [1.165, 1.54) is 6.08 Å². The van der Waals surface area contributed by atoms with Crippen LogP contribution in [-0.2, 0) is 4.79 Å². The molecular weight excluding hydrogens is 372 g/mol. The van der Waals surface area contributed by atoms with Gasteiger partial charge in [0, 0.05) is 17.7 Å². The van der Waals surface area contributed by atoms with Crippen molar-refractivity contribution in [2.75, 3.05) is 0 Å². The fourth-order valence-electron chi connectivity index (χ4n) is 3.25. The molecule has 3 aromatic rings. The van der Waals surface area contributed by atoms with Crippen molar-refractivity contribution in [3.05, 3.63) is 113 Å². The van der Waals surface area contributed by atoms with Gasteiger partial charge >= 0.3 is 0 Å². The summed E-state index contributed by atoms with van der Waals surface area (Å²) in [6.45, 7) is 0. The lowest BCUT2D eigenvalue weighted by Gasteiger charge is -2.19. The van der Waals surface area contributed by atoms with Crippen LogP contribution in [-0.4, -0.2) is 17.9 Å².